The number of thioether (sulfide) groups is 1. The summed E-state index contributed by atoms with van der Waals surface area (Å²) >= 11 is 4.18. The largest absolute Gasteiger partial charge is 0.486 e. The average Bonchev–Trinajstić information content (AvgIpc) is 3.10. The summed E-state index contributed by atoms with van der Waals surface area (Å²) in [5, 5.41) is 11.2. The molecule has 3 aromatic rings. The smallest absolute Gasteiger partial charge is 0.234 e. The number of anilines is 1. The first kappa shape index (κ1) is 23.0. The molecule has 2 aromatic carbocycles. The van der Waals surface area contributed by atoms with Crippen LogP contribution in [-0.4, -0.2) is 26.4 Å². The predicted octanol–water partition coefficient (Wildman–Crippen LogP) is 5.12. The molecule has 0 spiro atoms. The van der Waals surface area contributed by atoms with Crippen LogP contribution >= 0.6 is 27.7 Å². The minimum Gasteiger partial charge on any atom is -0.486 e. The number of halogens is 3. The number of carbonyl (C=O) groups is 1. The third-order valence-corrected chi connectivity index (χ3v) is 5.69. The summed E-state index contributed by atoms with van der Waals surface area (Å²) in [5.74, 6) is -0.834. The Morgan fingerprint density at radius 2 is 2.03 bits per heavy atom. The van der Waals surface area contributed by atoms with E-state index in [9.17, 15) is 13.6 Å². The van der Waals surface area contributed by atoms with E-state index in [2.05, 4.69) is 38.0 Å². The van der Waals surface area contributed by atoms with Crippen LogP contribution in [0.3, 0.4) is 0 Å². The second-order valence-electron chi connectivity index (χ2n) is 6.48. The molecule has 0 aliphatic heterocycles. The van der Waals surface area contributed by atoms with Gasteiger partial charge in [0, 0.05) is 17.1 Å². The number of aromatic nitrogens is 3. The molecule has 3 rings (SSSR count). The topological polar surface area (TPSA) is 69.0 Å². The maximum absolute atomic E-state index is 13.9. The van der Waals surface area contributed by atoms with Crippen molar-refractivity contribution in [2.24, 2.45) is 0 Å². The van der Waals surface area contributed by atoms with Crippen LogP contribution in [-0.2, 0) is 17.9 Å². The van der Waals surface area contributed by atoms with E-state index in [1.165, 1.54) is 0 Å². The van der Waals surface area contributed by atoms with Gasteiger partial charge in [-0.05, 0) is 41.1 Å². The van der Waals surface area contributed by atoms with Crippen molar-refractivity contribution in [1.29, 1.82) is 0 Å². The molecule has 1 aromatic heterocycles. The van der Waals surface area contributed by atoms with Gasteiger partial charge < -0.3 is 10.1 Å². The summed E-state index contributed by atoms with van der Waals surface area (Å²) in [6, 6.07) is 9.42. The van der Waals surface area contributed by atoms with E-state index in [1.807, 2.05) is 31.2 Å². The van der Waals surface area contributed by atoms with Gasteiger partial charge >= 0.3 is 0 Å². The molecule has 0 atom stereocenters. The van der Waals surface area contributed by atoms with E-state index in [0.717, 1.165) is 23.4 Å². The van der Waals surface area contributed by atoms with Crippen LogP contribution in [0.1, 0.15) is 11.4 Å². The van der Waals surface area contributed by atoms with Crippen LogP contribution in [0, 0.1) is 18.6 Å². The van der Waals surface area contributed by atoms with Gasteiger partial charge in [0.1, 0.15) is 18.2 Å². The Morgan fingerprint density at radius 1 is 1.29 bits per heavy atom. The second-order valence-corrected chi connectivity index (χ2v) is 8.28. The highest BCUT2D eigenvalue weighted by Gasteiger charge is 2.16. The minimum atomic E-state index is -0.865. The van der Waals surface area contributed by atoms with Crippen molar-refractivity contribution in [3.63, 3.8) is 0 Å². The first-order valence-electron chi connectivity index (χ1n) is 9.17. The van der Waals surface area contributed by atoms with E-state index in [-0.39, 0.29) is 22.5 Å². The molecular formula is C21H19BrF2N4O2S. The Bertz CT molecular complexity index is 1070. The Labute approximate surface area is 190 Å². The molecule has 1 N–H and O–H groups in total. The van der Waals surface area contributed by atoms with Crippen LogP contribution in [0.4, 0.5) is 14.5 Å². The maximum atomic E-state index is 13.9. The quantitative estimate of drug-likeness (QED) is 0.320. The molecule has 31 heavy (non-hydrogen) atoms. The SMILES string of the molecule is C=CCn1c(COc2ccc(C)cc2)nnc1SCC(=O)Nc1c(F)cc(F)cc1Br. The highest BCUT2D eigenvalue weighted by Crippen LogP contribution is 2.27. The lowest BCUT2D eigenvalue weighted by molar-refractivity contribution is -0.113. The molecule has 0 fully saturated rings. The molecule has 0 saturated carbocycles. The van der Waals surface area contributed by atoms with E-state index in [4.69, 9.17) is 4.74 Å². The number of allylic oxidation sites excluding steroid dienone is 1. The summed E-state index contributed by atoms with van der Waals surface area (Å²) in [6.07, 6.45) is 1.69. The zero-order chi connectivity index (χ0) is 22.4. The maximum Gasteiger partial charge on any atom is 0.234 e. The lowest BCUT2D eigenvalue weighted by Crippen LogP contribution is -2.16. The normalized spacial score (nSPS) is 10.7. The van der Waals surface area contributed by atoms with Crippen molar-refractivity contribution in [2.45, 2.75) is 25.2 Å². The zero-order valence-electron chi connectivity index (χ0n) is 16.6. The summed E-state index contributed by atoms with van der Waals surface area (Å²) in [4.78, 5) is 12.3. The Hall–Kier alpha value is -2.72. The lowest BCUT2D eigenvalue weighted by atomic mass is 10.2. The van der Waals surface area contributed by atoms with Gasteiger partial charge in [-0.25, -0.2) is 8.78 Å². The Kier molecular flexibility index (Phi) is 7.80. The van der Waals surface area contributed by atoms with Crippen LogP contribution in [0.2, 0.25) is 0 Å². The molecule has 0 aliphatic rings. The lowest BCUT2D eigenvalue weighted by Gasteiger charge is -2.10. The standard InChI is InChI=1S/C21H19BrF2N4O2S/c1-3-8-28-18(11-30-15-6-4-13(2)5-7-15)26-27-21(28)31-12-19(29)25-20-16(22)9-14(23)10-17(20)24/h3-7,9-10H,1,8,11-12H2,2H3,(H,25,29). The first-order chi connectivity index (χ1) is 14.9. The van der Waals surface area contributed by atoms with E-state index >= 15 is 0 Å². The number of hydrogen-bond acceptors (Lipinski definition) is 5. The van der Waals surface area contributed by atoms with Gasteiger partial charge in [0.2, 0.25) is 5.91 Å². The van der Waals surface area contributed by atoms with Gasteiger partial charge in [-0.2, -0.15) is 0 Å². The van der Waals surface area contributed by atoms with Gasteiger partial charge in [-0.15, -0.1) is 16.8 Å². The number of rotatable bonds is 9. The fraction of sp³-hybridized carbons (Fsp3) is 0.190. The highest BCUT2D eigenvalue weighted by atomic mass is 79.9. The number of benzene rings is 2. The number of nitrogens with zero attached hydrogens (tertiary/aromatic N) is 3. The van der Waals surface area contributed by atoms with E-state index in [0.29, 0.717) is 29.3 Å². The molecule has 0 bridgehead atoms. The molecule has 162 valence electrons. The summed E-state index contributed by atoms with van der Waals surface area (Å²) in [6.45, 7) is 6.36. The highest BCUT2D eigenvalue weighted by molar-refractivity contribution is 9.10. The third kappa shape index (κ3) is 6.14. The third-order valence-electron chi connectivity index (χ3n) is 4.10. The van der Waals surface area contributed by atoms with Crippen LogP contribution < -0.4 is 10.1 Å². The van der Waals surface area contributed by atoms with E-state index in [1.54, 1.807) is 10.6 Å². The van der Waals surface area contributed by atoms with Crippen LogP contribution in [0.5, 0.6) is 5.75 Å². The van der Waals surface area contributed by atoms with Gasteiger partial charge in [0.25, 0.3) is 0 Å². The molecule has 0 saturated heterocycles. The predicted molar refractivity (Wildman–Crippen MR) is 119 cm³/mol. The zero-order valence-corrected chi connectivity index (χ0v) is 19.0. The summed E-state index contributed by atoms with van der Waals surface area (Å²) in [5.41, 5.74) is 1.01. The molecule has 1 heterocycles. The number of nitrogens with one attached hydrogen (secondary N) is 1. The fourth-order valence-corrected chi connectivity index (χ4v) is 3.87. The number of hydrogen-bond donors (Lipinski definition) is 1. The Balaban J connectivity index is 1.64. The number of aryl methyl sites for hydroxylation is 1. The van der Waals surface area contributed by atoms with Gasteiger partial charge in [-0.1, -0.05) is 35.5 Å². The average molecular weight is 509 g/mol. The van der Waals surface area contributed by atoms with E-state index < -0.39 is 17.5 Å². The fourth-order valence-electron chi connectivity index (χ4n) is 2.59. The van der Waals surface area contributed by atoms with Crippen LogP contribution in [0.15, 0.2) is 58.7 Å². The number of ether oxygens (including phenoxy) is 1. The van der Waals surface area contributed by atoms with Crippen molar-refractivity contribution in [2.75, 3.05) is 11.1 Å². The van der Waals surface area contributed by atoms with Crippen molar-refractivity contribution >= 4 is 39.3 Å². The summed E-state index contributed by atoms with van der Waals surface area (Å²) < 4.78 is 34.8. The Morgan fingerprint density at radius 3 is 2.71 bits per heavy atom. The first-order valence-corrected chi connectivity index (χ1v) is 10.9. The molecule has 6 nitrogen and oxygen atoms in total. The van der Waals surface area contributed by atoms with Crippen molar-refractivity contribution in [1.82, 2.24) is 14.8 Å². The molecule has 1 amide bonds. The van der Waals surface area contributed by atoms with Crippen LogP contribution in [0.25, 0.3) is 0 Å². The van der Waals surface area contributed by atoms with Crippen molar-refractivity contribution in [3.8, 4) is 5.75 Å². The minimum absolute atomic E-state index is 0.0443. The molecule has 0 aliphatic carbocycles. The van der Waals surface area contributed by atoms with Gasteiger partial charge in [0.05, 0.1) is 11.4 Å². The number of amides is 1. The van der Waals surface area contributed by atoms with Crippen molar-refractivity contribution < 1.29 is 18.3 Å². The monoisotopic (exact) mass is 508 g/mol. The molecular weight excluding hydrogens is 490 g/mol. The second kappa shape index (κ2) is 10.5. The molecule has 0 unspecified atom stereocenters. The number of carbonyl (C=O) groups excluding carboxylic acids is 1. The molecule has 10 heteroatoms. The van der Waals surface area contributed by atoms with Gasteiger partial charge in [-0.3, -0.25) is 9.36 Å². The van der Waals surface area contributed by atoms with Crippen molar-refractivity contribution in [3.05, 3.63) is 76.5 Å². The van der Waals surface area contributed by atoms with Gasteiger partial charge in [0.15, 0.2) is 16.8 Å². The summed E-state index contributed by atoms with van der Waals surface area (Å²) in [7, 11) is 0. The molecule has 0 radical (unpaired) electrons.